The Balaban J connectivity index is 3.49. The third-order valence-corrected chi connectivity index (χ3v) is 3.85. The van der Waals surface area contributed by atoms with Gasteiger partial charge in [-0.05, 0) is 32.1 Å². The maximum atomic E-state index is 11.0. The van der Waals surface area contributed by atoms with Gasteiger partial charge in [-0.1, -0.05) is 57.6 Å². The number of hydrogen-bond acceptors (Lipinski definition) is 4. The molecule has 0 aliphatic rings. The van der Waals surface area contributed by atoms with Crippen LogP contribution in [0.15, 0.2) is 12.2 Å². The van der Waals surface area contributed by atoms with Gasteiger partial charge in [0, 0.05) is 6.42 Å². The van der Waals surface area contributed by atoms with E-state index < -0.39 is 17.5 Å². The van der Waals surface area contributed by atoms with Gasteiger partial charge in [0.15, 0.2) is 0 Å². The average molecular weight is 328 g/mol. The Morgan fingerprint density at radius 1 is 0.826 bits per heavy atom. The molecule has 0 amide bonds. The number of carbonyl (C=O) groups excluding carboxylic acids is 1. The van der Waals surface area contributed by atoms with Crippen molar-refractivity contribution < 1.29 is 24.9 Å². The smallest absolute Gasteiger partial charge is 0.378 e. The van der Waals surface area contributed by atoms with Gasteiger partial charge in [0.2, 0.25) is 5.79 Å². The SMILES string of the molecule is CCCCCCC/C=C/CCCCCCC(O)(O)C(=O)C(=O)O. The lowest BCUT2D eigenvalue weighted by molar-refractivity contribution is -0.191. The number of allylic oxidation sites excluding steroid dienone is 2. The summed E-state index contributed by atoms with van der Waals surface area (Å²) in [6.45, 7) is 2.21. The van der Waals surface area contributed by atoms with Crippen LogP contribution in [0, 0.1) is 0 Å². The van der Waals surface area contributed by atoms with Crippen LogP contribution in [0.1, 0.15) is 84.0 Å². The number of aliphatic carboxylic acids is 1. The van der Waals surface area contributed by atoms with Crippen molar-refractivity contribution in [3.05, 3.63) is 12.2 Å². The Morgan fingerprint density at radius 3 is 1.78 bits per heavy atom. The van der Waals surface area contributed by atoms with Gasteiger partial charge >= 0.3 is 5.97 Å². The number of carboxylic acids is 1. The fourth-order valence-corrected chi connectivity index (χ4v) is 2.37. The molecule has 23 heavy (non-hydrogen) atoms. The molecule has 0 bridgehead atoms. The summed E-state index contributed by atoms with van der Waals surface area (Å²) in [5.74, 6) is -6.10. The van der Waals surface area contributed by atoms with Crippen molar-refractivity contribution in [1.29, 1.82) is 0 Å². The number of ketones is 1. The molecule has 5 heteroatoms. The molecule has 0 spiro atoms. The van der Waals surface area contributed by atoms with Crippen LogP contribution in [0.5, 0.6) is 0 Å². The molecule has 0 aliphatic carbocycles. The molecular weight excluding hydrogens is 296 g/mol. The van der Waals surface area contributed by atoms with E-state index in [1.165, 1.54) is 32.1 Å². The summed E-state index contributed by atoms with van der Waals surface area (Å²) in [5, 5.41) is 27.1. The molecule has 0 aromatic rings. The highest BCUT2D eigenvalue weighted by atomic mass is 16.5. The maximum Gasteiger partial charge on any atom is 0.378 e. The molecule has 0 saturated carbocycles. The quantitative estimate of drug-likeness (QED) is 0.185. The molecule has 0 unspecified atom stereocenters. The number of hydrogen-bond donors (Lipinski definition) is 3. The topological polar surface area (TPSA) is 94.8 Å². The van der Waals surface area contributed by atoms with E-state index in [0.717, 1.165) is 32.1 Å². The van der Waals surface area contributed by atoms with Gasteiger partial charge in [-0.25, -0.2) is 4.79 Å². The molecule has 0 rings (SSSR count). The van der Waals surface area contributed by atoms with Crippen LogP contribution >= 0.6 is 0 Å². The van der Waals surface area contributed by atoms with Gasteiger partial charge in [0.1, 0.15) is 0 Å². The van der Waals surface area contributed by atoms with Crippen molar-refractivity contribution in [3.63, 3.8) is 0 Å². The standard InChI is InChI=1S/C18H32O5/c1-2-3-4-5-6-7-8-9-10-11-12-13-14-15-18(22,23)16(19)17(20)21/h8-9,22-23H,2-7,10-15H2,1H3,(H,20,21)/b9-8+. The van der Waals surface area contributed by atoms with Gasteiger partial charge < -0.3 is 15.3 Å². The molecule has 0 saturated heterocycles. The van der Waals surface area contributed by atoms with Gasteiger partial charge in [-0.3, -0.25) is 4.79 Å². The van der Waals surface area contributed by atoms with E-state index in [1.807, 2.05) is 0 Å². The minimum absolute atomic E-state index is 0.230. The van der Waals surface area contributed by atoms with Crippen LogP contribution in [-0.2, 0) is 9.59 Å². The maximum absolute atomic E-state index is 11.0. The van der Waals surface area contributed by atoms with E-state index in [4.69, 9.17) is 5.11 Å². The summed E-state index contributed by atoms with van der Waals surface area (Å²) in [6, 6.07) is 0. The molecule has 0 heterocycles. The first kappa shape index (κ1) is 21.8. The van der Waals surface area contributed by atoms with E-state index in [2.05, 4.69) is 19.1 Å². The van der Waals surface area contributed by atoms with Crippen molar-refractivity contribution in [2.75, 3.05) is 0 Å². The minimum atomic E-state index is -2.73. The van der Waals surface area contributed by atoms with Gasteiger partial charge in [-0.15, -0.1) is 0 Å². The summed E-state index contributed by atoms with van der Waals surface area (Å²) in [6.07, 6.45) is 15.9. The van der Waals surface area contributed by atoms with E-state index >= 15 is 0 Å². The van der Waals surface area contributed by atoms with Crippen LogP contribution in [-0.4, -0.2) is 32.9 Å². The molecule has 0 aliphatic heterocycles. The van der Waals surface area contributed by atoms with Crippen LogP contribution in [0.25, 0.3) is 0 Å². The summed E-state index contributed by atoms with van der Waals surface area (Å²) in [5.41, 5.74) is 0. The molecular formula is C18H32O5. The minimum Gasteiger partial charge on any atom is -0.475 e. The zero-order valence-corrected chi connectivity index (χ0v) is 14.3. The molecule has 0 radical (unpaired) electrons. The number of aliphatic hydroxyl groups is 2. The van der Waals surface area contributed by atoms with Crippen LogP contribution in [0.4, 0.5) is 0 Å². The van der Waals surface area contributed by atoms with Crippen molar-refractivity contribution in [2.24, 2.45) is 0 Å². The van der Waals surface area contributed by atoms with Gasteiger partial charge in [-0.2, -0.15) is 0 Å². The molecule has 0 aromatic carbocycles. The second-order valence-electron chi connectivity index (χ2n) is 6.08. The summed E-state index contributed by atoms with van der Waals surface area (Å²) >= 11 is 0. The molecule has 0 atom stereocenters. The third-order valence-electron chi connectivity index (χ3n) is 3.85. The Kier molecular flexibility index (Phi) is 12.6. The largest absolute Gasteiger partial charge is 0.475 e. The molecule has 134 valence electrons. The highest BCUT2D eigenvalue weighted by Gasteiger charge is 2.37. The average Bonchev–Trinajstić information content (AvgIpc) is 2.50. The lowest BCUT2D eigenvalue weighted by atomic mass is 10.0. The Labute approximate surface area is 139 Å². The molecule has 3 N–H and O–H groups in total. The first-order valence-corrected chi connectivity index (χ1v) is 8.79. The summed E-state index contributed by atoms with van der Waals surface area (Å²) in [4.78, 5) is 21.4. The number of rotatable bonds is 15. The second-order valence-corrected chi connectivity index (χ2v) is 6.08. The van der Waals surface area contributed by atoms with Crippen LogP contribution in [0.2, 0.25) is 0 Å². The van der Waals surface area contributed by atoms with E-state index in [1.54, 1.807) is 0 Å². The summed E-state index contributed by atoms with van der Waals surface area (Å²) in [7, 11) is 0. The van der Waals surface area contributed by atoms with E-state index in [0.29, 0.717) is 6.42 Å². The second kappa shape index (κ2) is 13.3. The van der Waals surface area contributed by atoms with Crippen molar-refractivity contribution >= 4 is 11.8 Å². The van der Waals surface area contributed by atoms with Crippen molar-refractivity contribution in [2.45, 2.75) is 89.8 Å². The van der Waals surface area contributed by atoms with Crippen LogP contribution < -0.4 is 0 Å². The number of unbranched alkanes of at least 4 members (excludes halogenated alkanes) is 9. The highest BCUT2D eigenvalue weighted by molar-refractivity contribution is 6.35. The van der Waals surface area contributed by atoms with Crippen molar-refractivity contribution in [1.82, 2.24) is 0 Å². The molecule has 5 nitrogen and oxygen atoms in total. The third kappa shape index (κ3) is 12.0. The zero-order chi connectivity index (χ0) is 17.6. The fourth-order valence-electron chi connectivity index (χ4n) is 2.37. The number of carbonyl (C=O) groups is 2. The predicted octanol–water partition coefficient (Wildman–Crippen LogP) is 3.58. The lowest BCUT2D eigenvalue weighted by Gasteiger charge is -2.17. The normalized spacial score (nSPS) is 12.0. The van der Waals surface area contributed by atoms with Gasteiger partial charge in [0.25, 0.3) is 5.78 Å². The molecule has 0 fully saturated rings. The highest BCUT2D eigenvalue weighted by Crippen LogP contribution is 2.15. The summed E-state index contributed by atoms with van der Waals surface area (Å²) < 4.78 is 0. The Hall–Kier alpha value is -1.20. The number of Topliss-reactive ketones (excluding diaryl/α,β-unsaturated/α-hetero) is 1. The first-order chi connectivity index (χ1) is 10.9. The first-order valence-electron chi connectivity index (χ1n) is 8.79. The Bertz CT molecular complexity index is 360. The zero-order valence-electron chi connectivity index (χ0n) is 14.3. The van der Waals surface area contributed by atoms with Crippen LogP contribution in [0.3, 0.4) is 0 Å². The molecule has 0 aromatic heterocycles. The monoisotopic (exact) mass is 328 g/mol. The Morgan fingerprint density at radius 2 is 1.30 bits per heavy atom. The fraction of sp³-hybridized carbons (Fsp3) is 0.778. The van der Waals surface area contributed by atoms with E-state index in [-0.39, 0.29) is 6.42 Å². The van der Waals surface area contributed by atoms with Gasteiger partial charge in [0.05, 0.1) is 0 Å². The van der Waals surface area contributed by atoms with E-state index in [9.17, 15) is 19.8 Å². The number of carboxylic acid groups (broad SMARTS) is 1. The van der Waals surface area contributed by atoms with Crippen molar-refractivity contribution in [3.8, 4) is 0 Å². The lowest BCUT2D eigenvalue weighted by Crippen LogP contribution is -2.42. The predicted molar refractivity (Wildman–Crippen MR) is 90.0 cm³/mol.